The van der Waals surface area contributed by atoms with Crippen LogP contribution in [-0.2, 0) is 19.1 Å². The Hall–Kier alpha value is -1.59. The predicted octanol–water partition coefficient (Wildman–Crippen LogP) is 0.704. The van der Waals surface area contributed by atoms with Gasteiger partial charge in [0.2, 0.25) is 11.8 Å². The van der Waals surface area contributed by atoms with Crippen LogP contribution in [0.4, 0.5) is 0 Å². The van der Waals surface area contributed by atoms with E-state index >= 15 is 0 Å². The fourth-order valence-electron chi connectivity index (χ4n) is 2.29. The number of hydrogen-bond acceptors (Lipinski definition) is 4. The summed E-state index contributed by atoms with van der Waals surface area (Å²) in [5, 5.41) is 2.47. The monoisotopic (exact) mass is 284 g/mol. The van der Waals surface area contributed by atoms with Gasteiger partial charge >= 0.3 is 5.97 Å². The van der Waals surface area contributed by atoms with Crippen molar-refractivity contribution in [1.82, 2.24) is 10.2 Å². The van der Waals surface area contributed by atoms with E-state index in [1.165, 1.54) is 0 Å². The van der Waals surface area contributed by atoms with Gasteiger partial charge < -0.3 is 15.0 Å². The molecule has 0 aromatic heterocycles. The zero-order valence-corrected chi connectivity index (χ0v) is 12.3. The molecule has 20 heavy (non-hydrogen) atoms. The minimum absolute atomic E-state index is 0.0286. The molecule has 1 rings (SSSR count). The molecule has 114 valence electrons. The molecule has 1 unspecified atom stereocenters. The van der Waals surface area contributed by atoms with Crippen LogP contribution in [0.5, 0.6) is 0 Å². The molecule has 6 heteroatoms. The van der Waals surface area contributed by atoms with Crippen LogP contribution in [0.25, 0.3) is 0 Å². The molecule has 0 aliphatic carbocycles. The lowest BCUT2D eigenvalue weighted by molar-refractivity contribution is -0.143. The number of ether oxygens (including phenoxy) is 1. The lowest BCUT2D eigenvalue weighted by Gasteiger charge is -2.16. The van der Waals surface area contributed by atoms with Gasteiger partial charge in [-0.15, -0.1) is 0 Å². The summed E-state index contributed by atoms with van der Waals surface area (Å²) in [6.45, 7) is 4.60. The van der Waals surface area contributed by atoms with E-state index in [4.69, 9.17) is 4.74 Å². The van der Waals surface area contributed by atoms with Crippen LogP contribution in [0.3, 0.4) is 0 Å². The van der Waals surface area contributed by atoms with E-state index in [9.17, 15) is 14.4 Å². The number of rotatable bonds is 8. The molecule has 1 saturated heterocycles. The van der Waals surface area contributed by atoms with Crippen LogP contribution < -0.4 is 5.32 Å². The predicted molar refractivity (Wildman–Crippen MR) is 73.9 cm³/mol. The maximum Gasteiger partial charge on any atom is 0.325 e. The number of carbonyl (C=O) groups is 3. The van der Waals surface area contributed by atoms with E-state index < -0.39 is 5.97 Å². The molecule has 1 atom stereocenters. The minimum Gasteiger partial charge on any atom is -0.465 e. The summed E-state index contributed by atoms with van der Waals surface area (Å²) in [5.74, 6) is -0.658. The standard InChI is InChI=1S/C14H24N2O4/c1-3-5-6-11-7-8-16(14(11)19)10-12(17)15-9-13(18)20-4-2/h11H,3-10H2,1-2H3,(H,15,17). The third-order valence-corrected chi connectivity index (χ3v) is 3.38. The van der Waals surface area contributed by atoms with Crippen LogP contribution in [0.2, 0.25) is 0 Å². The SMILES string of the molecule is CCCCC1CCN(CC(=O)NCC(=O)OCC)C1=O. The van der Waals surface area contributed by atoms with Crippen molar-refractivity contribution in [3.8, 4) is 0 Å². The Morgan fingerprint density at radius 1 is 1.40 bits per heavy atom. The van der Waals surface area contributed by atoms with E-state index in [1.54, 1.807) is 11.8 Å². The van der Waals surface area contributed by atoms with Crippen molar-refractivity contribution < 1.29 is 19.1 Å². The molecule has 6 nitrogen and oxygen atoms in total. The Balaban J connectivity index is 2.29. The number of amides is 2. The minimum atomic E-state index is -0.463. The summed E-state index contributed by atoms with van der Waals surface area (Å²) in [7, 11) is 0. The van der Waals surface area contributed by atoms with Gasteiger partial charge in [0.15, 0.2) is 0 Å². The zero-order chi connectivity index (χ0) is 15.0. The van der Waals surface area contributed by atoms with E-state index in [2.05, 4.69) is 12.2 Å². The van der Waals surface area contributed by atoms with Crippen LogP contribution in [0.1, 0.15) is 39.5 Å². The van der Waals surface area contributed by atoms with Crippen LogP contribution in [0, 0.1) is 5.92 Å². The molecule has 2 amide bonds. The van der Waals surface area contributed by atoms with Crippen molar-refractivity contribution in [3.05, 3.63) is 0 Å². The molecule has 1 heterocycles. The summed E-state index contributed by atoms with van der Waals surface area (Å²) >= 11 is 0. The van der Waals surface area contributed by atoms with Crippen LogP contribution >= 0.6 is 0 Å². The number of hydrogen-bond donors (Lipinski definition) is 1. The first-order chi connectivity index (χ1) is 9.58. The molecular weight excluding hydrogens is 260 g/mol. The van der Waals surface area contributed by atoms with Gasteiger partial charge in [-0.3, -0.25) is 14.4 Å². The number of nitrogens with zero attached hydrogens (tertiary/aromatic N) is 1. The first kappa shape index (κ1) is 16.5. The average molecular weight is 284 g/mol. The van der Waals surface area contributed by atoms with Gasteiger partial charge in [-0.05, 0) is 19.8 Å². The molecule has 1 aliphatic heterocycles. The summed E-state index contributed by atoms with van der Waals surface area (Å²) < 4.78 is 4.71. The molecular formula is C14H24N2O4. The molecule has 1 N–H and O–H groups in total. The van der Waals surface area contributed by atoms with Crippen molar-refractivity contribution >= 4 is 17.8 Å². The Morgan fingerprint density at radius 3 is 2.80 bits per heavy atom. The normalized spacial score (nSPS) is 18.2. The molecule has 1 fully saturated rings. The number of likely N-dealkylation sites (tertiary alicyclic amines) is 1. The van der Waals surface area contributed by atoms with Gasteiger partial charge in [0, 0.05) is 12.5 Å². The molecule has 0 bridgehead atoms. The maximum atomic E-state index is 12.0. The van der Waals surface area contributed by atoms with Gasteiger partial charge in [-0.25, -0.2) is 0 Å². The second-order valence-corrected chi connectivity index (χ2v) is 4.97. The highest BCUT2D eigenvalue weighted by Crippen LogP contribution is 2.22. The van der Waals surface area contributed by atoms with E-state index in [0.717, 1.165) is 25.7 Å². The fraction of sp³-hybridized carbons (Fsp3) is 0.786. The summed E-state index contributed by atoms with van der Waals surface area (Å²) in [6.07, 6.45) is 3.84. The fourth-order valence-corrected chi connectivity index (χ4v) is 2.29. The van der Waals surface area contributed by atoms with Crippen molar-refractivity contribution in [2.45, 2.75) is 39.5 Å². The Kier molecular flexibility index (Phi) is 7.04. The highest BCUT2D eigenvalue weighted by atomic mass is 16.5. The average Bonchev–Trinajstić information content (AvgIpc) is 2.76. The van der Waals surface area contributed by atoms with Gasteiger partial charge in [-0.1, -0.05) is 19.8 Å². The Labute approximate surface area is 119 Å². The second-order valence-electron chi connectivity index (χ2n) is 4.97. The van der Waals surface area contributed by atoms with Gasteiger partial charge in [0.25, 0.3) is 0 Å². The molecule has 0 spiro atoms. The highest BCUT2D eigenvalue weighted by Gasteiger charge is 2.31. The molecule has 0 aromatic carbocycles. The van der Waals surface area contributed by atoms with E-state index in [1.807, 2.05) is 0 Å². The zero-order valence-electron chi connectivity index (χ0n) is 12.3. The number of nitrogens with one attached hydrogen (secondary N) is 1. The lowest BCUT2D eigenvalue weighted by atomic mass is 10.0. The second kappa shape index (κ2) is 8.55. The first-order valence-corrected chi connectivity index (χ1v) is 7.29. The van der Waals surface area contributed by atoms with Gasteiger partial charge in [0.05, 0.1) is 13.2 Å². The Morgan fingerprint density at radius 2 is 2.15 bits per heavy atom. The first-order valence-electron chi connectivity index (χ1n) is 7.29. The molecule has 0 saturated carbocycles. The van der Waals surface area contributed by atoms with Crippen LogP contribution in [-0.4, -0.2) is 48.9 Å². The number of carbonyl (C=O) groups excluding carboxylic acids is 3. The molecule has 0 radical (unpaired) electrons. The smallest absolute Gasteiger partial charge is 0.325 e. The van der Waals surface area contributed by atoms with Gasteiger partial charge in [0.1, 0.15) is 6.54 Å². The summed E-state index contributed by atoms with van der Waals surface area (Å²) in [4.78, 5) is 36.4. The highest BCUT2D eigenvalue weighted by molar-refractivity contribution is 5.88. The largest absolute Gasteiger partial charge is 0.465 e. The summed E-state index contributed by atoms with van der Waals surface area (Å²) in [6, 6.07) is 0. The van der Waals surface area contributed by atoms with Crippen LogP contribution in [0.15, 0.2) is 0 Å². The number of unbranched alkanes of at least 4 members (excludes halogenated alkanes) is 1. The summed E-state index contributed by atoms with van der Waals surface area (Å²) in [5.41, 5.74) is 0. The molecule has 0 aromatic rings. The van der Waals surface area contributed by atoms with Crippen molar-refractivity contribution in [3.63, 3.8) is 0 Å². The maximum absolute atomic E-state index is 12.0. The molecule has 1 aliphatic rings. The van der Waals surface area contributed by atoms with Crippen molar-refractivity contribution in [1.29, 1.82) is 0 Å². The number of esters is 1. The third kappa shape index (κ3) is 5.19. The van der Waals surface area contributed by atoms with Gasteiger partial charge in [-0.2, -0.15) is 0 Å². The van der Waals surface area contributed by atoms with Crippen molar-refractivity contribution in [2.75, 3.05) is 26.2 Å². The topological polar surface area (TPSA) is 75.7 Å². The third-order valence-electron chi connectivity index (χ3n) is 3.38. The lowest BCUT2D eigenvalue weighted by Crippen LogP contribution is -2.40. The van der Waals surface area contributed by atoms with E-state index in [-0.39, 0.29) is 30.8 Å². The quantitative estimate of drug-likeness (QED) is 0.666. The van der Waals surface area contributed by atoms with Crippen molar-refractivity contribution in [2.24, 2.45) is 5.92 Å². The Bertz CT molecular complexity index is 357. The van der Waals surface area contributed by atoms with E-state index in [0.29, 0.717) is 13.2 Å².